The van der Waals surface area contributed by atoms with E-state index in [1.165, 1.54) is 51.4 Å². The highest BCUT2D eigenvalue weighted by Crippen LogP contribution is 2.48. The van der Waals surface area contributed by atoms with Gasteiger partial charge >= 0.3 is 0 Å². The van der Waals surface area contributed by atoms with E-state index in [1.807, 2.05) is 0 Å². The maximum atomic E-state index is 12.4. The number of carbonyl (C=O) groups excluding carboxylic acids is 1. The van der Waals surface area contributed by atoms with Gasteiger partial charge in [-0.15, -0.1) is 12.4 Å². The van der Waals surface area contributed by atoms with Crippen LogP contribution in [-0.4, -0.2) is 18.5 Å². The first-order valence-corrected chi connectivity index (χ1v) is 8.18. The molecule has 0 saturated heterocycles. The molecule has 0 aromatic rings. The van der Waals surface area contributed by atoms with Crippen molar-refractivity contribution >= 4 is 18.3 Å². The van der Waals surface area contributed by atoms with E-state index in [1.54, 1.807) is 0 Å². The minimum Gasteiger partial charge on any atom is -0.355 e. The molecule has 3 saturated carbocycles. The van der Waals surface area contributed by atoms with E-state index in [4.69, 9.17) is 5.73 Å². The first-order valence-electron chi connectivity index (χ1n) is 8.18. The van der Waals surface area contributed by atoms with Crippen LogP contribution < -0.4 is 11.1 Å². The van der Waals surface area contributed by atoms with Crippen molar-refractivity contribution < 1.29 is 4.79 Å². The summed E-state index contributed by atoms with van der Waals surface area (Å²) in [5.41, 5.74) is 6.67. The van der Waals surface area contributed by atoms with Crippen LogP contribution in [0.1, 0.15) is 58.3 Å². The Hall–Kier alpha value is -0.280. The van der Waals surface area contributed by atoms with E-state index in [-0.39, 0.29) is 30.3 Å². The van der Waals surface area contributed by atoms with Crippen LogP contribution in [0.3, 0.4) is 0 Å². The van der Waals surface area contributed by atoms with Crippen LogP contribution in [0.5, 0.6) is 0 Å². The number of hydrogen-bond acceptors (Lipinski definition) is 2. The monoisotopic (exact) mass is 300 g/mol. The number of hydrogen-bond donors (Lipinski definition) is 2. The van der Waals surface area contributed by atoms with Crippen molar-refractivity contribution in [3.05, 3.63) is 0 Å². The Morgan fingerprint density at radius 2 is 2.00 bits per heavy atom. The molecule has 0 heterocycles. The molecule has 0 aromatic heterocycles. The Balaban J connectivity index is 0.00000147. The summed E-state index contributed by atoms with van der Waals surface area (Å²) in [7, 11) is 0. The Labute approximate surface area is 128 Å². The molecule has 3 aliphatic rings. The summed E-state index contributed by atoms with van der Waals surface area (Å²) >= 11 is 0. The Bertz CT molecular complexity index is 354. The van der Waals surface area contributed by atoms with Crippen molar-refractivity contribution in [2.24, 2.45) is 28.9 Å². The molecule has 3 rings (SSSR count). The number of nitrogens with one attached hydrogen (secondary N) is 1. The van der Waals surface area contributed by atoms with Crippen molar-refractivity contribution in [1.29, 1.82) is 0 Å². The minimum atomic E-state index is 0. The van der Waals surface area contributed by atoms with Crippen molar-refractivity contribution in [1.82, 2.24) is 5.32 Å². The summed E-state index contributed by atoms with van der Waals surface area (Å²) in [6, 6.07) is 0.127. The minimum absolute atomic E-state index is 0. The van der Waals surface area contributed by atoms with Crippen LogP contribution in [0, 0.1) is 23.2 Å². The highest BCUT2D eigenvalue weighted by molar-refractivity contribution is 5.85. The number of halogens is 1. The molecule has 20 heavy (non-hydrogen) atoms. The fourth-order valence-electron chi connectivity index (χ4n) is 4.84. The lowest BCUT2D eigenvalue weighted by Gasteiger charge is -2.42. The molecule has 3 nitrogen and oxygen atoms in total. The molecule has 0 aromatic carbocycles. The van der Waals surface area contributed by atoms with Gasteiger partial charge in [-0.1, -0.05) is 19.8 Å². The molecule has 2 bridgehead atoms. The SMILES string of the molecule is CCCC1(CNC(=O)C2C3CCC(C3)C2N)CCC1.Cl. The quantitative estimate of drug-likeness (QED) is 0.820. The van der Waals surface area contributed by atoms with Gasteiger partial charge in [0.1, 0.15) is 0 Å². The van der Waals surface area contributed by atoms with Crippen LogP contribution in [0.2, 0.25) is 0 Å². The predicted octanol–water partition coefficient (Wildman–Crippen LogP) is 2.87. The smallest absolute Gasteiger partial charge is 0.224 e. The van der Waals surface area contributed by atoms with Gasteiger partial charge in [0.2, 0.25) is 5.91 Å². The van der Waals surface area contributed by atoms with Crippen molar-refractivity contribution in [2.45, 2.75) is 64.3 Å². The molecule has 0 spiro atoms. The second kappa shape index (κ2) is 6.23. The van der Waals surface area contributed by atoms with Gasteiger partial charge in [0, 0.05) is 12.6 Å². The fourth-order valence-corrected chi connectivity index (χ4v) is 4.84. The van der Waals surface area contributed by atoms with Crippen molar-refractivity contribution in [2.75, 3.05) is 6.54 Å². The Kier molecular flexibility index (Phi) is 5.01. The van der Waals surface area contributed by atoms with Crippen LogP contribution in [-0.2, 0) is 4.79 Å². The summed E-state index contributed by atoms with van der Waals surface area (Å²) in [5, 5.41) is 3.25. The first kappa shape index (κ1) is 16.1. The summed E-state index contributed by atoms with van der Waals surface area (Å²) < 4.78 is 0. The zero-order valence-electron chi connectivity index (χ0n) is 12.6. The zero-order valence-corrected chi connectivity index (χ0v) is 13.4. The van der Waals surface area contributed by atoms with Crippen LogP contribution in [0.15, 0.2) is 0 Å². The van der Waals surface area contributed by atoms with Gasteiger partial charge in [-0.25, -0.2) is 0 Å². The van der Waals surface area contributed by atoms with E-state index in [9.17, 15) is 4.79 Å². The van der Waals surface area contributed by atoms with Gasteiger partial charge in [-0.05, 0) is 55.8 Å². The zero-order chi connectivity index (χ0) is 13.5. The number of nitrogens with two attached hydrogens (primary N) is 1. The van der Waals surface area contributed by atoms with E-state index in [0.717, 1.165) is 6.54 Å². The molecule has 4 unspecified atom stereocenters. The molecular formula is C16H29ClN2O. The third-order valence-electron chi connectivity index (χ3n) is 6.12. The average molecular weight is 301 g/mol. The highest BCUT2D eigenvalue weighted by atomic mass is 35.5. The number of amides is 1. The van der Waals surface area contributed by atoms with Crippen molar-refractivity contribution in [3.8, 4) is 0 Å². The second-order valence-electron chi connectivity index (χ2n) is 7.26. The number of fused-ring (bicyclic) bond motifs is 2. The van der Waals surface area contributed by atoms with Gasteiger partial charge < -0.3 is 11.1 Å². The van der Waals surface area contributed by atoms with E-state index in [2.05, 4.69) is 12.2 Å². The fraction of sp³-hybridized carbons (Fsp3) is 0.938. The Morgan fingerprint density at radius 1 is 1.30 bits per heavy atom. The average Bonchev–Trinajstić information content (AvgIpc) is 2.92. The van der Waals surface area contributed by atoms with Crippen LogP contribution in [0.4, 0.5) is 0 Å². The molecule has 3 N–H and O–H groups in total. The summed E-state index contributed by atoms with van der Waals surface area (Å²) in [5.74, 6) is 1.55. The maximum Gasteiger partial charge on any atom is 0.224 e. The largest absolute Gasteiger partial charge is 0.355 e. The molecule has 0 radical (unpaired) electrons. The third-order valence-corrected chi connectivity index (χ3v) is 6.12. The summed E-state index contributed by atoms with van der Waals surface area (Å²) in [6.45, 7) is 3.13. The van der Waals surface area contributed by atoms with Crippen LogP contribution in [0.25, 0.3) is 0 Å². The van der Waals surface area contributed by atoms with Gasteiger partial charge in [0.15, 0.2) is 0 Å². The van der Waals surface area contributed by atoms with Crippen molar-refractivity contribution in [3.63, 3.8) is 0 Å². The lowest BCUT2D eigenvalue weighted by molar-refractivity contribution is -0.128. The summed E-state index contributed by atoms with van der Waals surface area (Å²) in [4.78, 5) is 12.4. The molecule has 3 aliphatic carbocycles. The lowest BCUT2D eigenvalue weighted by Crippen LogP contribution is -2.49. The van der Waals surface area contributed by atoms with Gasteiger partial charge in [0.25, 0.3) is 0 Å². The molecular weight excluding hydrogens is 272 g/mol. The lowest BCUT2D eigenvalue weighted by atomic mass is 9.66. The topological polar surface area (TPSA) is 55.1 Å². The molecule has 1 amide bonds. The van der Waals surface area contributed by atoms with Gasteiger partial charge in [0.05, 0.1) is 5.92 Å². The molecule has 116 valence electrons. The van der Waals surface area contributed by atoms with E-state index in [0.29, 0.717) is 17.3 Å². The summed E-state index contributed by atoms with van der Waals surface area (Å²) in [6.07, 6.45) is 10.1. The predicted molar refractivity (Wildman–Crippen MR) is 83.7 cm³/mol. The molecule has 3 fully saturated rings. The second-order valence-corrected chi connectivity index (χ2v) is 7.26. The molecule has 0 aliphatic heterocycles. The Morgan fingerprint density at radius 3 is 2.50 bits per heavy atom. The van der Waals surface area contributed by atoms with Crippen LogP contribution >= 0.6 is 12.4 Å². The van der Waals surface area contributed by atoms with Gasteiger partial charge in [-0.2, -0.15) is 0 Å². The normalized spacial score (nSPS) is 37.1. The molecule has 4 heteroatoms. The standard InChI is InChI=1S/C16H28N2O.ClH/c1-2-6-16(7-3-8-16)10-18-15(19)13-11-4-5-12(9-11)14(13)17;/h11-14H,2-10,17H2,1H3,(H,18,19);1H. The van der Waals surface area contributed by atoms with Gasteiger partial charge in [-0.3, -0.25) is 4.79 Å². The third kappa shape index (κ3) is 2.71. The van der Waals surface area contributed by atoms with E-state index < -0.39 is 0 Å². The molecule has 4 atom stereocenters. The first-order chi connectivity index (χ1) is 9.15. The number of carbonyl (C=O) groups is 1. The maximum absolute atomic E-state index is 12.4. The highest BCUT2D eigenvalue weighted by Gasteiger charge is 2.49. The van der Waals surface area contributed by atoms with E-state index >= 15 is 0 Å². The number of rotatable bonds is 5.